The van der Waals surface area contributed by atoms with Crippen LogP contribution >= 0.6 is 0 Å². The van der Waals surface area contributed by atoms with E-state index in [-0.39, 0.29) is 4.90 Å². The number of sulfonamides is 1. The van der Waals surface area contributed by atoms with Gasteiger partial charge >= 0.3 is 0 Å². The highest BCUT2D eigenvalue weighted by molar-refractivity contribution is 7.89. The fourth-order valence-corrected chi connectivity index (χ4v) is 3.04. The third-order valence-corrected chi connectivity index (χ3v) is 4.67. The van der Waals surface area contributed by atoms with Gasteiger partial charge in [-0.25, -0.2) is 18.1 Å². The molecule has 21 heavy (non-hydrogen) atoms. The van der Waals surface area contributed by atoms with Gasteiger partial charge in [-0.15, -0.1) is 0 Å². The number of rotatable bonds is 7. The average molecular weight is 314 g/mol. The standard InChI is InChI=1S/C13H22N4O3S/c1-2-14-13-4-3-12(11-15-13)21(18,19)16-5-6-17-7-9-20-10-8-17/h3-4,11,16H,2,5-10H2,1H3,(H,14,15). The van der Waals surface area contributed by atoms with Gasteiger partial charge in [0.05, 0.1) is 13.2 Å². The second kappa shape index (κ2) is 7.69. The predicted octanol–water partition coefficient (Wildman–Crippen LogP) is 0.124. The Balaban J connectivity index is 1.85. The minimum Gasteiger partial charge on any atom is -0.379 e. The molecule has 0 saturated carbocycles. The van der Waals surface area contributed by atoms with Crippen molar-refractivity contribution in [1.29, 1.82) is 0 Å². The van der Waals surface area contributed by atoms with Crippen LogP contribution in [0.2, 0.25) is 0 Å². The number of anilines is 1. The Hall–Kier alpha value is -1.22. The Morgan fingerprint density at radius 3 is 2.71 bits per heavy atom. The molecule has 0 aromatic carbocycles. The van der Waals surface area contributed by atoms with Crippen molar-refractivity contribution in [1.82, 2.24) is 14.6 Å². The van der Waals surface area contributed by atoms with Crippen LogP contribution < -0.4 is 10.0 Å². The number of morpholine rings is 1. The molecule has 0 unspecified atom stereocenters. The second-order valence-corrected chi connectivity index (χ2v) is 6.53. The molecule has 0 radical (unpaired) electrons. The van der Waals surface area contributed by atoms with Crippen molar-refractivity contribution in [3.05, 3.63) is 18.3 Å². The number of nitrogens with one attached hydrogen (secondary N) is 2. The van der Waals surface area contributed by atoms with Crippen LogP contribution in [-0.2, 0) is 14.8 Å². The zero-order valence-corrected chi connectivity index (χ0v) is 13.0. The van der Waals surface area contributed by atoms with Crippen molar-refractivity contribution in [2.45, 2.75) is 11.8 Å². The molecule has 1 aliphatic rings. The van der Waals surface area contributed by atoms with E-state index in [1.165, 1.54) is 6.20 Å². The maximum atomic E-state index is 12.1. The summed E-state index contributed by atoms with van der Waals surface area (Å²) >= 11 is 0. The quantitative estimate of drug-likeness (QED) is 0.744. The highest BCUT2D eigenvalue weighted by Gasteiger charge is 2.15. The number of ether oxygens (including phenoxy) is 1. The van der Waals surface area contributed by atoms with Crippen LogP contribution in [0.25, 0.3) is 0 Å². The van der Waals surface area contributed by atoms with E-state index in [1.54, 1.807) is 12.1 Å². The summed E-state index contributed by atoms with van der Waals surface area (Å²) in [7, 11) is -3.49. The van der Waals surface area contributed by atoms with E-state index in [1.807, 2.05) is 6.92 Å². The van der Waals surface area contributed by atoms with E-state index in [4.69, 9.17) is 4.74 Å². The van der Waals surface area contributed by atoms with Crippen LogP contribution in [0.5, 0.6) is 0 Å². The fourth-order valence-electron chi connectivity index (χ4n) is 2.07. The summed E-state index contributed by atoms with van der Waals surface area (Å²) < 4.78 is 32.1. The molecule has 8 heteroatoms. The highest BCUT2D eigenvalue weighted by atomic mass is 32.2. The van der Waals surface area contributed by atoms with Crippen molar-refractivity contribution in [2.24, 2.45) is 0 Å². The maximum Gasteiger partial charge on any atom is 0.242 e. The summed E-state index contributed by atoms with van der Waals surface area (Å²) in [5.74, 6) is 0.671. The second-order valence-electron chi connectivity index (χ2n) is 4.76. The first kappa shape index (κ1) is 16.2. The Morgan fingerprint density at radius 2 is 2.10 bits per heavy atom. The summed E-state index contributed by atoms with van der Waals surface area (Å²) in [5, 5.41) is 3.03. The molecule has 1 aliphatic heterocycles. The lowest BCUT2D eigenvalue weighted by molar-refractivity contribution is 0.0390. The lowest BCUT2D eigenvalue weighted by atomic mass is 10.4. The van der Waals surface area contributed by atoms with E-state index < -0.39 is 10.0 Å². The first-order valence-electron chi connectivity index (χ1n) is 7.11. The first-order chi connectivity index (χ1) is 10.1. The number of hydrogen-bond acceptors (Lipinski definition) is 6. The van der Waals surface area contributed by atoms with Gasteiger partial charge in [-0.1, -0.05) is 0 Å². The van der Waals surface area contributed by atoms with Gasteiger partial charge in [0.15, 0.2) is 0 Å². The summed E-state index contributed by atoms with van der Waals surface area (Å²) in [6.07, 6.45) is 1.37. The molecule has 1 saturated heterocycles. The van der Waals surface area contributed by atoms with Crippen molar-refractivity contribution < 1.29 is 13.2 Å². The number of nitrogens with zero attached hydrogens (tertiary/aromatic N) is 2. The van der Waals surface area contributed by atoms with Gasteiger partial charge in [0, 0.05) is 38.9 Å². The topological polar surface area (TPSA) is 83.6 Å². The van der Waals surface area contributed by atoms with Crippen LogP contribution in [0.15, 0.2) is 23.2 Å². The van der Waals surface area contributed by atoms with Gasteiger partial charge in [0.1, 0.15) is 10.7 Å². The lowest BCUT2D eigenvalue weighted by Crippen LogP contribution is -2.41. The molecule has 0 bridgehead atoms. The van der Waals surface area contributed by atoms with Crippen molar-refractivity contribution in [3.63, 3.8) is 0 Å². The Kier molecular flexibility index (Phi) is 5.92. The van der Waals surface area contributed by atoms with Crippen molar-refractivity contribution in [2.75, 3.05) is 51.3 Å². The largest absolute Gasteiger partial charge is 0.379 e. The maximum absolute atomic E-state index is 12.1. The van der Waals surface area contributed by atoms with Crippen LogP contribution in [0.4, 0.5) is 5.82 Å². The van der Waals surface area contributed by atoms with E-state index in [2.05, 4.69) is 19.9 Å². The number of pyridine rings is 1. The molecular formula is C13H22N4O3S. The number of hydrogen-bond donors (Lipinski definition) is 2. The summed E-state index contributed by atoms with van der Waals surface area (Å²) in [5.41, 5.74) is 0. The highest BCUT2D eigenvalue weighted by Crippen LogP contribution is 2.10. The van der Waals surface area contributed by atoms with Crippen LogP contribution in [0, 0.1) is 0 Å². The third-order valence-electron chi connectivity index (χ3n) is 3.23. The molecule has 1 aromatic rings. The molecule has 0 spiro atoms. The Labute approximate surface area is 125 Å². The summed E-state index contributed by atoms with van der Waals surface area (Å²) in [6, 6.07) is 3.22. The van der Waals surface area contributed by atoms with Crippen LogP contribution in [-0.4, -0.2) is 64.2 Å². The molecule has 2 N–H and O–H groups in total. The predicted molar refractivity (Wildman–Crippen MR) is 80.8 cm³/mol. The lowest BCUT2D eigenvalue weighted by Gasteiger charge is -2.26. The molecule has 2 rings (SSSR count). The van der Waals surface area contributed by atoms with Gasteiger partial charge < -0.3 is 10.1 Å². The molecule has 7 nitrogen and oxygen atoms in total. The molecule has 2 heterocycles. The molecular weight excluding hydrogens is 292 g/mol. The molecule has 1 aromatic heterocycles. The van der Waals surface area contributed by atoms with Gasteiger partial charge in [0.2, 0.25) is 10.0 Å². The zero-order chi connectivity index (χ0) is 15.1. The summed E-state index contributed by atoms with van der Waals surface area (Å²) in [4.78, 5) is 6.44. The monoisotopic (exact) mass is 314 g/mol. The van der Waals surface area contributed by atoms with E-state index in [0.717, 1.165) is 19.6 Å². The average Bonchev–Trinajstić information content (AvgIpc) is 2.49. The van der Waals surface area contributed by atoms with Gasteiger partial charge in [0.25, 0.3) is 0 Å². The Morgan fingerprint density at radius 1 is 1.33 bits per heavy atom. The van der Waals surface area contributed by atoms with Gasteiger partial charge in [-0.2, -0.15) is 0 Å². The van der Waals surface area contributed by atoms with Crippen molar-refractivity contribution in [3.8, 4) is 0 Å². The molecule has 0 amide bonds. The molecule has 118 valence electrons. The van der Waals surface area contributed by atoms with E-state index in [9.17, 15) is 8.42 Å². The van der Waals surface area contributed by atoms with Gasteiger partial charge in [-0.3, -0.25) is 4.90 Å². The smallest absolute Gasteiger partial charge is 0.242 e. The van der Waals surface area contributed by atoms with E-state index >= 15 is 0 Å². The minimum absolute atomic E-state index is 0.186. The zero-order valence-electron chi connectivity index (χ0n) is 12.2. The van der Waals surface area contributed by atoms with E-state index in [0.29, 0.717) is 32.1 Å². The first-order valence-corrected chi connectivity index (χ1v) is 8.60. The summed E-state index contributed by atoms with van der Waals surface area (Å²) in [6.45, 7) is 6.89. The van der Waals surface area contributed by atoms with Crippen LogP contribution in [0.1, 0.15) is 6.92 Å². The van der Waals surface area contributed by atoms with Crippen molar-refractivity contribution >= 4 is 15.8 Å². The van der Waals surface area contributed by atoms with Crippen LogP contribution in [0.3, 0.4) is 0 Å². The van der Waals surface area contributed by atoms with Gasteiger partial charge in [-0.05, 0) is 19.1 Å². The molecule has 1 fully saturated rings. The molecule has 0 atom stereocenters. The SMILES string of the molecule is CCNc1ccc(S(=O)(=O)NCCN2CCOCC2)cn1. The third kappa shape index (κ3) is 4.92. The fraction of sp³-hybridized carbons (Fsp3) is 0.615. The molecule has 0 aliphatic carbocycles. The normalized spacial score (nSPS) is 16.8. The minimum atomic E-state index is -3.49. The number of aromatic nitrogens is 1. The Bertz CT molecular complexity index is 527.